The summed E-state index contributed by atoms with van der Waals surface area (Å²) >= 11 is 1.14. The van der Waals surface area contributed by atoms with Crippen LogP contribution in [-0.4, -0.2) is 26.4 Å². The monoisotopic (exact) mass is 348 g/mol. The molecule has 6 nitrogen and oxygen atoms in total. The van der Waals surface area contributed by atoms with E-state index < -0.39 is 15.9 Å². The Kier molecular flexibility index (Phi) is 4.01. The molecule has 2 heterocycles. The molecule has 23 heavy (non-hydrogen) atoms. The van der Waals surface area contributed by atoms with Crippen LogP contribution in [0.4, 0.5) is 0 Å². The predicted molar refractivity (Wildman–Crippen MR) is 87.3 cm³/mol. The van der Waals surface area contributed by atoms with E-state index in [1.54, 1.807) is 35.8 Å². The van der Waals surface area contributed by atoms with Gasteiger partial charge in [-0.1, -0.05) is 6.07 Å². The lowest BCUT2D eigenvalue weighted by Crippen LogP contribution is -2.30. The number of amides is 1. The van der Waals surface area contributed by atoms with Gasteiger partial charge in [-0.05, 0) is 35.7 Å². The second-order valence-corrected chi connectivity index (χ2v) is 7.15. The second-order valence-electron chi connectivity index (χ2n) is 4.62. The molecular weight excluding hydrogens is 336 g/mol. The van der Waals surface area contributed by atoms with E-state index in [-0.39, 0.29) is 15.5 Å². The number of carbonyl (C=O) groups excluding carboxylic acids is 1. The first-order valence-corrected chi connectivity index (χ1v) is 8.91. The van der Waals surface area contributed by atoms with Gasteiger partial charge in [-0.25, -0.2) is 13.1 Å². The first kappa shape index (κ1) is 15.4. The van der Waals surface area contributed by atoms with Crippen molar-refractivity contribution in [3.8, 4) is 5.06 Å². The topological polar surface area (TPSA) is 85.4 Å². The van der Waals surface area contributed by atoms with E-state index in [1.807, 2.05) is 0 Å². The minimum absolute atomic E-state index is 0.0548. The molecule has 1 aromatic carbocycles. The molecule has 3 aromatic rings. The number of sulfonamides is 1. The lowest BCUT2D eigenvalue weighted by atomic mass is 10.1. The van der Waals surface area contributed by atoms with Crippen LogP contribution in [0.25, 0.3) is 10.9 Å². The molecule has 0 aliphatic rings. The number of aromatic nitrogens is 1. The zero-order chi connectivity index (χ0) is 16.4. The van der Waals surface area contributed by atoms with Gasteiger partial charge in [0.05, 0.1) is 12.6 Å². The number of fused-ring (bicyclic) bond motifs is 1. The molecule has 0 unspecified atom stereocenters. The molecule has 3 rings (SSSR count). The van der Waals surface area contributed by atoms with E-state index >= 15 is 0 Å². The van der Waals surface area contributed by atoms with Crippen LogP contribution in [-0.2, 0) is 10.0 Å². The summed E-state index contributed by atoms with van der Waals surface area (Å²) < 4.78 is 31.7. The summed E-state index contributed by atoms with van der Waals surface area (Å²) in [5.41, 5.74) is 0.967. The molecule has 2 aromatic heterocycles. The number of rotatable bonds is 4. The van der Waals surface area contributed by atoms with E-state index in [0.717, 1.165) is 22.2 Å². The number of hydrogen-bond donors (Lipinski definition) is 1. The highest BCUT2D eigenvalue weighted by molar-refractivity contribution is 7.90. The Bertz CT molecular complexity index is 980. The minimum Gasteiger partial charge on any atom is -0.486 e. The van der Waals surface area contributed by atoms with Crippen molar-refractivity contribution in [3.05, 3.63) is 53.5 Å². The summed E-state index contributed by atoms with van der Waals surface area (Å²) in [6.07, 6.45) is 1.65. The molecule has 1 amide bonds. The molecule has 0 radical (unpaired) electrons. The van der Waals surface area contributed by atoms with Crippen LogP contribution in [0.2, 0.25) is 0 Å². The summed E-state index contributed by atoms with van der Waals surface area (Å²) in [7, 11) is -2.61. The number of nitrogens with zero attached hydrogens (tertiary/aromatic N) is 1. The first-order chi connectivity index (χ1) is 11.0. The summed E-state index contributed by atoms with van der Waals surface area (Å²) in [5.74, 6) is -0.705. The van der Waals surface area contributed by atoms with Gasteiger partial charge in [0.2, 0.25) is 0 Å². The van der Waals surface area contributed by atoms with Crippen LogP contribution < -0.4 is 9.46 Å². The molecule has 0 aliphatic carbocycles. The number of nitrogens with one attached hydrogen (secondary N) is 1. The van der Waals surface area contributed by atoms with Gasteiger partial charge in [-0.3, -0.25) is 9.78 Å². The van der Waals surface area contributed by atoms with Crippen LogP contribution in [0.15, 0.2) is 52.9 Å². The van der Waals surface area contributed by atoms with Gasteiger partial charge in [-0.15, -0.1) is 11.3 Å². The number of pyridine rings is 1. The molecule has 0 bridgehead atoms. The number of ether oxygens (including phenoxy) is 1. The van der Waals surface area contributed by atoms with E-state index in [0.29, 0.717) is 0 Å². The number of methoxy groups -OCH3 is 1. The fourth-order valence-corrected chi connectivity index (χ4v) is 4.27. The summed E-state index contributed by atoms with van der Waals surface area (Å²) in [6, 6.07) is 9.74. The number of thiophene rings is 1. The fraction of sp³-hybridized carbons (Fsp3) is 0.0667. The maximum atomic E-state index is 12.3. The predicted octanol–water partition coefficient (Wildman–Crippen LogP) is 2.42. The fourth-order valence-electron chi connectivity index (χ4n) is 2.08. The normalized spacial score (nSPS) is 11.3. The highest BCUT2D eigenvalue weighted by atomic mass is 32.2. The lowest BCUT2D eigenvalue weighted by Gasteiger charge is -2.08. The van der Waals surface area contributed by atoms with Crippen molar-refractivity contribution in [2.24, 2.45) is 0 Å². The van der Waals surface area contributed by atoms with Crippen molar-refractivity contribution >= 4 is 38.2 Å². The molecule has 0 spiro atoms. The van der Waals surface area contributed by atoms with Crippen molar-refractivity contribution in [3.63, 3.8) is 0 Å². The third-order valence-electron chi connectivity index (χ3n) is 3.16. The largest absolute Gasteiger partial charge is 0.486 e. The number of benzene rings is 1. The number of hydrogen-bond acceptors (Lipinski definition) is 6. The third kappa shape index (κ3) is 3.03. The smallest absolute Gasteiger partial charge is 0.268 e. The van der Waals surface area contributed by atoms with Crippen molar-refractivity contribution in [2.75, 3.05) is 7.11 Å². The van der Waals surface area contributed by atoms with Crippen LogP contribution in [0.5, 0.6) is 5.06 Å². The zero-order valence-electron chi connectivity index (χ0n) is 12.0. The maximum absolute atomic E-state index is 12.3. The molecule has 0 fully saturated rings. The third-order valence-corrected chi connectivity index (χ3v) is 5.52. The molecular formula is C15H12N2O4S2. The first-order valence-electron chi connectivity index (χ1n) is 6.55. The Morgan fingerprint density at radius 2 is 2.09 bits per heavy atom. The number of carbonyl (C=O) groups is 1. The van der Waals surface area contributed by atoms with Gasteiger partial charge < -0.3 is 4.74 Å². The minimum atomic E-state index is -3.99. The highest BCUT2D eigenvalue weighted by Crippen LogP contribution is 2.29. The average molecular weight is 348 g/mol. The Morgan fingerprint density at radius 3 is 2.87 bits per heavy atom. The Morgan fingerprint density at radius 1 is 1.26 bits per heavy atom. The van der Waals surface area contributed by atoms with E-state index in [2.05, 4.69) is 9.71 Å². The van der Waals surface area contributed by atoms with Crippen molar-refractivity contribution in [1.29, 1.82) is 0 Å². The lowest BCUT2D eigenvalue weighted by molar-refractivity contribution is 0.0981. The second kappa shape index (κ2) is 5.98. The Balaban J connectivity index is 1.90. The maximum Gasteiger partial charge on any atom is 0.268 e. The summed E-state index contributed by atoms with van der Waals surface area (Å²) in [5, 5.41) is 2.57. The molecule has 0 aliphatic heterocycles. The van der Waals surface area contributed by atoms with Gasteiger partial charge >= 0.3 is 0 Å². The average Bonchev–Trinajstić information content (AvgIpc) is 3.03. The van der Waals surface area contributed by atoms with Crippen molar-refractivity contribution < 1.29 is 17.9 Å². The zero-order valence-corrected chi connectivity index (χ0v) is 13.6. The molecule has 0 saturated heterocycles. The quantitative estimate of drug-likeness (QED) is 0.783. The molecule has 118 valence electrons. The van der Waals surface area contributed by atoms with Crippen LogP contribution in [0.1, 0.15) is 10.4 Å². The molecule has 1 N–H and O–H groups in total. The van der Waals surface area contributed by atoms with Gasteiger partial charge in [-0.2, -0.15) is 0 Å². The van der Waals surface area contributed by atoms with Gasteiger partial charge in [0.25, 0.3) is 15.9 Å². The Hall–Kier alpha value is -2.45. The SMILES string of the molecule is COc1sccc1S(=O)(=O)NC(=O)c1ccc2ncccc2c1. The standard InChI is InChI=1S/C15H12N2O4S2/c1-21-15-13(6-8-22-15)23(19,20)17-14(18)11-4-5-12-10(9-11)3-2-7-16-12/h2-9H,1H3,(H,17,18). The van der Waals surface area contributed by atoms with Crippen molar-refractivity contribution in [1.82, 2.24) is 9.71 Å². The molecule has 0 atom stereocenters. The summed E-state index contributed by atoms with van der Waals surface area (Å²) in [6.45, 7) is 0. The molecule has 0 saturated carbocycles. The molecule has 8 heteroatoms. The highest BCUT2D eigenvalue weighted by Gasteiger charge is 2.23. The van der Waals surface area contributed by atoms with E-state index in [4.69, 9.17) is 4.74 Å². The van der Waals surface area contributed by atoms with Crippen molar-refractivity contribution in [2.45, 2.75) is 4.90 Å². The van der Waals surface area contributed by atoms with Crippen LogP contribution in [0.3, 0.4) is 0 Å². The van der Waals surface area contributed by atoms with Gasteiger partial charge in [0, 0.05) is 17.1 Å². The van der Waals surface area contributed by atoms with E-state index in [1.165, 1.54) is 19.2 Å². The van der Waals surface area contributed by atoms with Crippen LogP contribution in [0, 0.1) is 0 Å². The van der Waals surface area contributed by atoms with E-state index in [9.17, 15) is 13.2 Å². The van der Waals surface area contributed by atoms with Crippen LogP contribution >= 0.6 is 11.3 Å². The van der Waals surface area contributed by atoms with Gasteiger partial charge in [0.15, 0.2) is 5.06 Å². The van der Waals surface area contributed by atoms with Gasteiger partial charge in [0.1, 0.15) is 4.90 Å². The summed E-state index contributed by atoms with van der Waals surface area (Å²) in [4.78, 5) is 16.4. The Labute approximate surface area is 136 Å².